The van der Waals surface area contributed by atoms with Gasteiger partial charge in [0.15, 0.2) is 0 Å². The summed E-state index contributed by atoms with van der Waals surface area (Å²) in [6.07, 6.45) is 6.81. The third kappa shape index (κ3) is 1.51. The van der Waals surface area contributed by atoms with Crippen molar-refractivity contribution in [3.05, 3.63) is 12.2 Å². The molecule has 0 aromatic carbocycles. The fourth-order valence-corrected chi connectivity index (χ4v) is 3.21. The van der Waals surface area contributed by atoms with Crippen LogP contribution in [0.3, 0.4) is 0 Å². The van der Waals surface area contributed by atoms with E-state index in [4.69, 9.17) is 0 Å². The summed E-state index contributed by atoms with van der Waals surface area (Å²) in [5.41, 5.74) is -0.106. The molecule has 0 N–H and O–H groups in total. The van der Waals surface area contributed by atoms with Crippen molar-refractivity contribution in [2.45, 2.75) is 33.6 Å². The molecule has 2 bridgehead atoms. The minimum absolute atomic E-state index is 0.106. The van der Waals surface area contributed by atoms with Gasteiger partial charge in [-0.05, 0) is 38.5 Å². The van der Waals surface area contributed by atoms with Gasteiger partial charge >= 0.3 is 0 Å². The van der Waals surface area contributed by atoms with E-state index < -0.39 is 0 Å². The highest BCUT2D eigenvalue weighted by atomic mass is 16.2. The molecule has 1 fully saturated rings. The van der Waals surface area contributed by atoms with E-state index in [0.717, 1.165) is 19.5 Å². The van der Waals surface area contributed by atoms with Crippen LogP contribution in [-0.2, 0) is 4.79 Å². The van der Waals surface area contributed by atoms with Gasteiger partial charge in [0.2, 0.25) is 5.91 Å². The molecule has 0 aromatic rings. The summed E-state index contributed by atoms with van der Waals surface area (Å²) in [6.45, 7) is 7.96. The summed E-state index contributed by atoms with van der Waals surface area (Å²) in [5, 5.41) is 0. The van der Waals surface area contributed by atoms with E-state index in [-0.39, 0.29) is 5.41 Å². The Bertz CT molecular complexity index is 293. The molecule has 2 rings (SSSR count). The van der Waals surface area contributed by atoms with Crippen molar-refractivity contribution in [1.82, 2.24) is 4.90 Å². The molecule has 2 aliphatic rings. The van der Waals surface area contributed by atoms with Gasteiger partial charge in [-0.1, -0.05) is 19.1 Å². The fraction of sp³-hybridized carbons (Fsp3) is 0.769. The summed E-state index contributed by atoms with van der Waals surface area (Å²) < 4.78 is 0. The second-order valence-corrected chi connectivity index (χ2v) is 5.09. The van der Waals surface area contributed by atoms with Gasteiger partial charge < -0.3 is 4.90 Å². The van der Waals surface area contributed by atoms with Crippen LogP contribution in [0.1, 0.15) is 33.6 Å². The second kappa shape index (κ2) is 3.66. The zero-order valence-electron chi connectivity index (χ0n) is 9.99. The number of carbonyl (C=O) groups is 1. The first-order valence-electron chi connectivity index (χ1n) is 6.09. The molecule has 0 radical (unpaired) electrons. The summed E-state index contributed by atoms with van der Waals surface area (Å²) in [7, 11) is 0. The van der Waals surface area contributed by atoms with Crippen molar-refractivity contribution in [3.63, 3.8) is 0 Å². The van der Waals surface area contributed by atoms with Gasteiger partial charge in [0, 0.05) is 13.1 Å². The normalized spacial score (nSPS) is 37.3. The molecule has 2 aliphatic carbocycles. The summed E-state index contributed by atoms with van der Waals surface area (Å²) in [6, 6.07) is 0. The molecule has 84 valence electrons. The lowest BCUT2D eigenvalue weighted by atomic mass is 9.76. The van der Waals surface area contributed by atoms with E-state index in [1.54, 1.807) is 0 Å². The van der Waals surface area contributed by atoms with Crippen molar-refractivity contribution >= 4 is 5.91 Å². The predicted molar refractivity (Wildman–Crippen MR) is 61.4 cm³/mol. The Labute approximate surface area is 92.3 Å². The standard InChI is InChI=1S/C13H21NO/c1-4-14(5-2)12(15)13(3)9-10-6-7-11(13)8-10/h6-7,10-11H,4-5,8-9H2,1-3H3/t10-,11-,13-/m0/s1. The predicted octanol–water partition coefficient (Wildman–Crippen LogP) is 2.46. The van der Waals surface area contributed by atoms with E-state index in [9.17, 15) is 4.79 Å². The molecule has 0 spiro atoms. The Balaban J connectivity index is 2.16. The second-order valence-electron chi connectivity index (χ2n) is 5.09. The summed E-state index contributed by atoms with van der Waals surface area (Å²) >= 11 is 0. The van der Waals surface area contributed by atoms with Crippen molar-refractivity contribution < 1.29 is 4.79 Å². The highest BCUT2D eigenvalue weighted by molar-refractivity contribution is 5.83. The van der Waals surface area contributed by atoms with E-state index in [0.29, 0.717) is 17.7 Å². The molecular weight excluding hydrogens is 186 g/mol. The molecular formula is C13H21NO. The fourth-order valence-electron chi connectivity index (χ4n) is 3.21. The maximum atomic E-state index is 12.4. The average molecular weight is 207 g/mol. The molecule has 0 unspecified atom stereocenters. The lowest BCUT2D eigenvalue weighted by Crippen LogP contribution is -2.44. The van der Waals surface area contributed by atoms with Gasteiger partial charge in [0.1, 0.15) is 0 Å². The summed E-state index contributed by atoms with van der Waals surface area (Å²) in [4.78, 5) is 14.4. The van der Waals surface area contributed by atoms with Crippen molar-refractivity contribution in [2.75, 3.05) is 13.1 Å². The lowest BCUT2D eigenvalue weighted by Gasteiger charge is -2.35. The number of nitrogens with zero attached hydrogens (tertiary/aromatic N) is 1. The number of fused-ring (bicyclic) bond motifs is 2. The largest absolute Gasteiger partial charge is 0.343 e. The molecule has 1 amide bonds. The molecule has 0 saturated heterocycles. The Morgan fingerprint density at radius 2 is 2.07 bits per heavy atom. The van der Waals surface area contributed by atoms with E-state index in [1.807, 2.05) is 4.90 Å². The first-order valence-corrected chi connectivity index (χ1v) is 6.09. The van der Waals surface area contributed by atoms with Crippen LogP contribution in [0.2, 0.25) is 0 Å². The van der Waals surface area contributed by atoms with Crippen molar-refractivity contribution in [1.29, 1.82) is 0 Å². The quantitative estimate of drug-likeness (QED) is 0.651. The van der Waals surface area contributed by atoms with Crippen LogP contribution in [0.5, 0.6) is 0 Å². The first-order chi connectivity index (χ1) is 7.11. The van der Waals surface area contributed by atoms with Gasteiger partial charge in [-0.25, -0.2) is 0 Å². The Kier molecular flexibility index (Phi) is 2.61. The van der Waals surface area contributed by atoms with Crippen LogP contribution in [-0.4, -0.2) is 23.9 Å². The van der Waals surface area contributed by atoms with Gasteiger partial charge in [0.25, 0.3) is 0 Å². The molecule has 2 nitrogen and oxygen atoms in total. The van der Waals surface area contributed by atoms with Gasteiger partial charge in [-0.3, -0.25) is 4.79 Å². The molecule has 15 heavy (non-hydrogen) atoms. The monoisotopic (exact) mass is 207 g/mol. The van der Waals surface area contributed by atoms with Gasteiger partial charge in [0.05, 0.1) is 5.41 Å². The number of hydrogen-bond acceptors (Lipinski definition) is 1. The zero-order chi connectivity index (χ0) is 11.1. The average Bonchev–Trinajstić information content (AvgIpc) is 2.79. The topological polar surface area (TPSA) is 20.3 Å². The smallest absolute Gasteiger partial charge is 0.229 e. The van der Waals surface area contributed by atoms with Crippen LogP contribution < -0.4 is 0 Å². The number of carbonyl (C=O) groups excluding carboxylic acids is 1. The van der Waals surface area contributed by atoms with Gasteiger partial charge in [-0.2, -0.15) is 0 Å². The third-order valence-electron chi connectivity index (χ3n) is 4.22. The number of hydrogen-bond donors (Lipinski definition) is 0. The van der Waals surface area contributed by atoms with Crippen LogP contribution in [0.25, 0.3) is 0 Å². The number of allylic oxidation sites excluding steroid dienone is 2. The molecule has 0 heterocycles. The number of amides is 1. The van der Waals surface area contributed by atoms with Crippen LogP contribution in [0, 0.1) is 17.3 Å². The Hall–Kier alpha value is -0.790. The molecule has 0 aromatic heterocycles. The molecule has 0 aliphatic heterocycles. The van der Waals surface area contributed by atoms with E-state index in [1.165, 1.54) is 6.42 Å². The van der Waals surface area contributed by atoms with E-state index >= 15 is 0 Å². The maximum absolute atomic E-state index is 12.4. The van der Waals surface area contributed by atoms with Crippen molar-refractivity contribution in [2.24, 2.45) is 17.3 Å². The van der Waals surface area contributed by atoms with Crippen LogP contribution in [0.15, 0.2) is 12.2 Å². The highest BCUT2D eigenvalue weighted by Crippen LogP contribution is 2.52. The summed E-state index contributed by atoms with van der Waals surface area (Å²) in [5.74, 6) is 1.53. The zero-order valence-corrected chi connectivity index (χ0v) is 9.99. The van der Waals surface area contributed by atoms with Crippen LogP contribution >= 0.6 is 0 Å². The molecule has 3 atom stereocenters. The maximum Gasteiger partial charge on any atom is 0.229 e. The Morgan fingerprint density at radius 1 is 1.40 bits per heavy atom. The van der Waals surface area contributed by atoms with Crippen molar-refractivity contribution in [3.8, 4) is 0 Å². The third-order valence-corrected chi connectivity index (χ3v) is 4.22. The molecule has 2 heteroatoms. The van der Waals surface area contributed by atoms with E-state index in [2.05, 4.69) is 32.9 Å². The first kappa shape index (κ1) is 10.7. The van der Waals surface area contributed by atoms with Gasteiger partial charge in [-0.15, -0.1) is 0 Å². The van der Waals surface area contributed by atoms with Crippen LogP contribution in [0.4, 0.5) is 0 Å². The number of rotatable bonds is 3. The highest BCUT2D eigenvalue weighted by Gasteiger charge is 2.50. The minimum atomic E-state index is -0.106. The Morgan fingerprint density at radius 3 is 2.47 bits per heavy atom. The minimum Gasteiger partial charge on any atom is -0.343 e. The SMILES string of the molecule is CCN(CC)C(=O)[C@@]1(C)C[C@H]2C=C[C@H]1C2. The molecule has 1 saturated carbocycles. The lowest BCUT2D eigenvalue weighted by molar-refractivity contribution is -0.142.